The van der Waals surface area contributed by atoms with Gasteiger partial charge in [-0.2, -0.15) is 0 Å². The molecule has 3 unspecified atom stereocenters. The lowest BCUT2D eigenvalue weighted by molar-refractivity contribution is -0.137. The zero-order valence-corrected chi connectivity index (χ0v) is 16.2. The molecule has 0 aliphatic rings. The van der Waals surface area contributed by atoms with Crippen molar-refractivity contribution in [3.63, 3.8) is 0 Å². The van der Waals surface area contributed by atoms with Gasteiger partial charge in [0.1, 0.15) is 0 Å². The van der Waals surface area contributed by atoms with Gasteiger partial charge in [-0.05, 0) is 17.0 Å². The summed E-state index contributed by atoms with van der Waals surface area (Å²) in [6, 6.07) is 19.8. The second-order valence-corrected chi connectivity index (χ2v) is 6.77. The zero-order valence-electron chi connectivity index (χ0n) is 15.4. The van der Waals surface area contributed by atoms with Crippen LogP contribution < -0.4 is 5.73 Å². The Hall–Kier alpha value is -1.84. The number of halogens is 1. The van der Waals surface area contributed by atoms with Crippen LogP contribution in [0.2, 0.25) is 0 Å². The lowest BCUT2D eigenvalue weighted by Gasteiger charge is -2.35. The summed E-state index contributed by atoms with van der Waals surface area (Å²) in [4.78, 5) is 14.9. The number of nitrogens with zero attached hydrogens (tertiary/aromatic N) is 1. The van der Waals surface area contributed by atoms with Crippen LogP contribution in [0.15, 0.2) is 60.7 Å². The van der Waals surface area contributed by atoms with Crippen LogP contribution in [0.3, 0.4) is 0 Å². The fourth-order valence-electron chi connectivity index (χ4n) is 3.28. The van der Waals surface area contributed by atoms with Gasteiger partial charge in [-0.15, -0.1) is 12.4 Å². The Kier molecular flexibility index (Phi) is 8.14. The summed E-state index contributed by atoms with van der Waals surface area (Å²) < 4.78 is 0. The molecule has 0 saturated carbocycles. The number of carbonyl (C=O) groups is 1. The summed E-state index contributed by atoms with van der Waals surface area (Å²) >= 11 is 0. The SMILES string of the molecule is CC(C)C(c1ccccc1)N(C)C(=O)C(C)C(N)c1ccccc1.Cl. The van der Waals surface area contributed by atoms with E-state index in [2.05, 4.69) is 26.0 Å². The molecule has 0 aliphatic heterocycles. The largest absolute Gasteiger partial charge is 0.338 e. The van der Waals surface area contributed by atoms with E-state index in [-0.39, 0.29) is 36.3 Å². The van der Waals surface area contributed by atoms with Gasteiger partial charge in [0.15, 0.2) is 0 Å². The highest BCUT2D eigenvalue weighted by atomic mass is 35.5. The lowest BCUT2D eigenvalue weighted by Crippen LogP contribution is -2.40. The standard InChI is InChI=1S/C21H28N2O.ClH/c1-15(2)20(18-13-9-6-10-14-18)23(4)21(24)16(3)19(22)17-11-7-5-8-12-17;/h5-16,19-20H,22H2,1-4H3;1H. The molecular weight excluding hydrogens is 332 g/mol. The maximum absolute atomic E-state index is 13.0. The van der Waals surface area contributed by atoms with Crippen LogP contribution in [0.25, 0.3) is 0 Å². The molecule has 0 fully saturated rings. The molecule has 0 aromatic heterocycles. The normalized spacial score (nSPS) is 14.3. The number of hydrogen-bond acceptors (Lipinski definition) is 2. The molecule has 2 aromatic rings. The third kappa shape index (κ3) is 5.07. The predicted octanol–water partition coefficient (Wildman–Crippen LogP) is 4.60. The van der Waals surface area contributed by atoms with Crippen molar-refractivity contribution >= 4 is 18.3 Å². The number of carbonyl (C=O) groups excluding carboxylic acids is 1. The predicted molar refractivity (Wildman–Crippen MR) is 107 cm³/mol. The van der Waals surface area contributed by atoms with Gasteiger partial charge < -0.3 is 10.6 Å². The monoisotopic (exact) mass is 360 g/mol. The highest BCUT2D eigenvalue weighted by Gasteiger charge is 2.30. The van der Waals surface area contributed by atoms with Crippen molar-refractivity contribution < 1.29 is 4.79 Å². The van der Waals surface area contributed by atoms with E-state index in [9.17, 15) is 4.79 Å². The van der Waals surface area contributed by atoms with Crippen molar-refractivity contribution in [2.45, 2.75) is 32.9 Å². The Bertz CT molecular complexity index is 645. The van der Waals surface area contributed by atoms with Gasteiger partial charge in [0.25, 0.3) is 0 Å². The van der Waals surface area contributed by atoms with Crippen LogP contribution in [0, 0.1) is 11.8 Å². The molecule has 136 valence electrons. The summed E-state index contributed by atoms with van der Waals surface area (Å²) in [5.41, 5.74) is 8.49. The average molecular weight is 361 g/mol. The minimum absolute atomic E-state index is 0. The third-order valence-electron chi connectivity index (χ3n) is 4.65. The van der Waals surface area contributed by atoms with E-state index in [1.807, 2.05) is 67.4 Å². The van der Waals surface area contributed by atoms with Gasteiger partial charge in [0.05, 0.1) is 12.0 Å². The first-order valence-electron chi connectivity index (χ1n) is 8.55. The molecule has 2 N–H and O–H groups in total. The summed E-state index contributed by atoms with van der Waals surface area (Å²) in [5, 5.41) is 0. The number of amides is 1. The molecule has 0 radical (unpaired) electrons. The minimum Gasteiger partial charge on any atom is -0.338 e. The molecule has 0 heterocycles. The number of rotatable bonds is 6. The zero-order chi connectivity index (χ0) is 17.7. The van der Waals surface area contributed by atoms with E-state index in [1.165, 1.54) is 0 Å². The molecule has 0 bridgehead atoms. The van der Waals surface area contributed by atoms with Crippen molar-refractivity contribution in [3.8, 4) is 0 Å². The fourth-order valence-corrected chi connectivity index (χ4v) is 3.28. The van der Waals surface area contributed by atoms with Gasteiger partial charge in [0, 0.05) is 13.1 Å². The van der Waals surface area contributed by atoms with Gasteiger partial charge in [0.2, 0.25) is 5.91 Å². The Morgan fingerprint density at radius 1 is 0.880 bits per heavy atom. The molecular formula is C21H29ClN2O. The smallest absolute Gasteiger partial charge is 0.227 e. The van der Waals surface area contributed by atoms with Crippen LogP contribution in [0.5, 0.6) is 0 Å². The topological polar surface area (TPSA) is 46.3 Å². The first-order valence-corrected chi connectivity index (χ1v) is 8.55. The fraction of sp³-hybridized carbons (Fsp3) is 0.381. The van der Waals surface area contributed by atoms with Crippen LogP contribution in [0.4, 0.5) is 0 Å². The summed E-state index contributed by atoms with van der Waals surface area (Å²) in [6.45, 7) is 6.20. The van der Waals surface area contributed by atoms with E-state index in [1.54, 1.807) is 0 Å². The van der Waals surface area contributed by atoms with Crippen molar-refractivity contribution in [3.05, 3.63) is 71.8 Å². The van der Waals surface area contributed by atoms with Crippen molar-refractivity contribution in [1.29, 1.82) is 0 Å². The number of benzene rings is 2. The van der Waals surface area contributed by atoms with Gasteiger partial charge >= 0.3 is 0 Å². The molecule has 0 aliphatic carbocycles. The Morgan fingerprint density at radius 3 is 1.76 bits per heavy atom. The van der Waals surface area contributed by atoms with Crippen LogP contribution in [-0.2, 0) is 4.79 Å². The molecule has 0 saturated heterocycles. The number of nitrogens with two attached hydrogens (primary N) is 1. The number of hydrogen-bond donors (Lipinski definition) is 1. The third-order valence-corrected chi connectivity index (χ3v) is 4.65. The van der Waals surface area contributed by atoms with Crippen LogP contribution >= 0.6 is 12.4 Å². The molecule has 0 spiro atoms. The van der Waals surface area contributed by atoms with E-state index < -0.39 is 0 Å². The molecule has 3 atom stereocenters. The van der Waals surface area contributed by atoms with E-state index in [4.69, 9.17) is 5.73 Å². The van der Waals surface area contributed by atoms with E-state index in [0.717, 1.165) is 11.1 Å². The van der Waals surface area contributed by atoms with Gasteiger partial charge in [-0.3, -0.25) is 4.79 Å². The van der Waals surface area contributed by atoms with Crippen LogP contribution in [-0.4, -0.2) is 17.9 Å². The summed E-state index contributed by atoms with van der Waals surface area (Å²) in [7, 11) is 1.88. The quantitative estimate of drug-likeness (QED) is 0.818. The Balaban J connectivity index is 0.00000312. The van der Waals surface area contributed by atoms with E-state index >= 15 is 0 Å². The Labute approximate surface area is 157 Å². The van der Waals surface area contributed by atoms with Gasteiger partial charge in [-0.1, -0.05) is 81.4 Å². The Morgan fingerprint density at radius 2 is 1.32 bits per heavy atom. The molecule has 1 amide bonds. The summed E-state index contributed by atoms with van der Waals surface area (Å²) in [5.74, 6) is 0.123. The van der Waals surface area contributed by atoms with Crippen molar-refractivity contribution in [1.82, 2.24) is 4.90 Å². The van der Waals surface area contributed by atoms with Crippen molar-refractivity contribution in [2.24, 2.45) is 17.6 Å². The second kappa shape index (κ2) is 9.59. The second-order valence-electron chi connectivity index (χ2n) is 6.77. The highest BCUT2D eigenvalue weighted by molar-refractivity contribution is 5.85. The maximum Gasteiger partial charge on any atom is 0.227 e. The first-order chi connectivity index (χ1) is 11.4. The maximum atomic E-state index is 13.0. The average Bonchev–Trinajstić information content (AvgIpc) is 2.61. The lowest BCUT2D eigenvalue weighted by atomic mass is 9.90. The van der Waals surface area contributed by atoms with Gasteiger partial charge in [-0.25, -0.2) is 0 Å². The highest BCUT2D eigenvalue weighted by Crippen LogP contribution is 2.30. The van der Waals surface area contributed by atoms with Crippen LogP contribution in [0.1, 0.15) is 44.0 Å². The van der Waals surface area contributed by atoms with E-state index in [0.29, 0.717) is 5.92 Å². The molecule has 25 heavy (non-hydrogen) atoms. The van der Waals surface area contributed by atoms with Crippen molar-refractivity contribution in [2.75, 3.05) is 7.05 Å². The molecule has 3 nitrogen and oxygen atoms in total. The minimum atomic E-state index is -0.301. The first kappa shape index (κ1) is 21.2. The summed E-state index contributed by atoms with van der Waals surface area (Å²) in [6.07, 6.45) is 0. The molecule has 4 heteroatoms. The molecule has 2 aromatic carbocycles. The molecule has 2 rings (SSSR count).